The van der Waals surface area contributed by atoms with Crippen molar-refractivity contribution in [3.8, 4) is 0 Å². The van der Waals surface area contributed by atoms with Crippen molar-refractivity contribution in [2.24, 2.45) is 11.1 Å². The fraction of sp³-hybridized carbons (Fsp3) is 0.500. The third kappa shape index (κ3) is 2.66. The molecule has 0 radical (unpaired) electrons. The molecule has 1 heterocycles. The Hall–Kier alpha value is -2.08. The van der Waals surface area contributed by atoms with Gasteiger partial charge in [0.15, 0.2) is 0 Å². The van der Waals surface area contributed by atoms with Gasteiger partial charge in [-0.05, 0) is 37.1 Å². The Balaban J connectivity index is 1.68. The zero-order chi connectivity index (χ0) is 15.6. The number of carbonyl (C=O) groups excluding carboxylic acids is 2. The van der Waals surface area contributed by atoms with E-state index in [1.54, 1.807) is 4.90 Å². The molecule has 1 aliphatic heterocycles. The molecule has 0 spiro atoms. The van der Waals surface area contributed by atoms with E-state index in [-0.39, 0.29) is 11.9 Å². The van der Waals surface area contributed by atoms with Crippen LogP contribution in [0.4, 0.5) is 16.2 Å². The molecule has 0 unspecified atom stereocenters. The lowest BCUT2D eigenvalue weighted by Gasteiger charge is -2.25. The average Bonchev–Trinajstić information content (AvgIpc) is 3.17. The fourth-order valence-corrected chi connectivity index (χ4v) is 3.28. The van der Waals surface area contributed by atoms with E-state index in [9.17, 15) is 9.59 Å². The number of nitrogens with two attached hydrogens (primary N) is 1. The molecule has 118 valence electrons. The van der Waals surface area contributed by atoms with Gasteiger partial charge in [0, 0.05) is 31.0 Å². The maximum Gasteiger partial charge on any atom is 0.321 e. The standard InChI is InChI=1S/C16H22N4O2/c17-11-16(7-1-2-8-16)14(21)19-12-3-5-13(6-4-12)20-10-9-18-15(20)22/h3-6H,1-2,7-11,17H2,(H,18,22)(H,19,21). The Morgan fingerprint density at radius 2 is 1.95 bits per heavy atom. The van der Waals surface area contributed by atoms with Crippen LogP contribution in [0.1, 0.15) is 25.7 Å². The average molecular weight is 302 g/mol. The summed E-state index contributed by atoms with van der Waals surface area (Å²) in [6.07, 6.45) is 3.85. The minimum absolute atomic E-state index is 0.0131. The maximum atomic E-state index is 12.5. The molecule has 2 fully saturated rings. The van der Waals surface area contributed by atoms with Crippen LogP contribution in [-0.2, 0) is 4.79 Å². The van der Waals surface area contributed by atoms with E-state index < -0.39 is 5.41 Å². The Bertz CT molecular complexity index is 564. The molecule has 0 aromatic heterocycles. The molecule has 1 saturated carbocycles. The second kappa shape index (κ2) is 5.96. The van der Waals surface area contributed by atoms with E-state index in [0.29, 0.717) is 19.6 Å². The first kappa shape index (κ1) is 14.8. The lowest BCUT2D eigenvalue weighted by Crippen LogP contribution is -2.40. The summed E-state index contributed by atoms with van der Waals surface area (Å²) in [4.78, 5) is 25.8. The molecule has 3 rings (SSSR count). The number of nitrogens with one attached hydrogen (secondary N) is 2. The lowest BCUT2D eigenvalue weighted by atomic mass is 9.85. The van der Waals surface area contributed by atoms with Crippen LogP contribution >= 0.6 is 0 Å². The van der Waals surface area contributed by atoms with Crippen molar-refractivity contribution in [1.29, 1.82) is 0 Å². The summed E-state index contributed by atoms with van der Waals surface area (Å²) in [5, 5.41) is 5.73. The predicted octanol–water partition coefficient (Wildman–Crippen LogP) is 1.67. The van der Waals surface area contributed by atoms with Crippen LogP contribution in [0.3, 0.4) is 0 Å². The number of amides is 3. The summed E-state index contributed by atoms with van der Waals surface area (Å²) in [7, 11) is 0. The number of nitrogens with zero attached hydrogens (tertiary/aromatic N) is 1. The van der Waals surface area contributed by atoms with Gasteiger partial charge in [-0.15, -0.1) is 0 Å². The fourth-order valence-electron chi connectivity index (χ4n) is 3.28. The van der Waals surface area contributed by atoms with Crippen LogP contribution in [-0.4, -0.2) is 31.6 Å². The highest BCUT2D eigenvalue weighted by atomic mass is 16.2. The summed E-state index contributed by atoms with van der Waals surface area (Å²) < 4.78 is 0. The number of carbonyl (C=O) groups is 2. The van der Waals surface area contributed by atoms with Crippen molar-refractivity contribution in [3.05, 3.63) is 24.3 Å². The van der Waals surface area contributed by atoms with Crippen molar-refractivity contribution in [1.82, 2.24) is 5.32 Å². The minimum Gasteiger partial charge on any atom is -0.336 e. The van der Waals surface area contributed by atoms with Crippen molar-refractivity contribution < 1.29 is 9.59 Å². The van der Waals surface area contributed by atoms with Gasteiger partial charge in [0.05, 0.1) is 5.41 Å². The number of urea groups is 1. The van der Waals surface area contributed by atoms with Crippen molar-refractivity contribution in [3.63, 3.8) is 0 Å². The highest BCUT2D eigenvalue weighted by Gasteiger charge is 2.39. The number of hydrogen-bond acceptors (Lipinski definition) is 3. The van der Waals surface area contributed by atoms with Crippen LogP contribution in [0.25, 0.3) is 0 Å². The van der Waals surface area contributed by atoms with E-state index in [2.05, 4.69) is 10.6 Å². The van der Waals surface area contributed by atoms with Crippen molar-refractivity contribution in [2.75, 3.05) is 29.9 Å². The van der Waals surface area contributed by atoms with Gasteiger partial charge in [-0.1, -0.05) is 12.8 Å². The first-order valence-electron chi connectivity index (χ1n) is 7.82. The van der Waals surface area contributed by atoms with Gasteiger partial charge in [-0.2, -0.15) is 0 Å². The Kier molecular flexibility index (Phi) is 4.02. The first-order valence-corrected chi connectivity index (χ1v) is 7.82. The molecule has 2 aliphatic rings. The molecule has 0 bridgehead atoms. The third-order valence-corrected chi connectivity index (χ3v) is 4.73. The summed E-state index contributed by atoms with van der Waals surface area (Å²) in [5.41, 5.74) is 7.00. The molecule has 6 nitrogen and oxygen atoms in total. The van der Waals surface area contributed by atoms with E-state index in [4.69, 9.17) is 5.73 Å². The second-order valence-corrected chi connectivity index (χ2v) is 6.08. The van der Waals surface area contributed by atoms with E-state index >= 15 is 0 Å². The molecular formula is C16H22N4O2. The molecular weight excluding hydrogens is 280 g/mol. The maximum absolute atomic E-state index is 12.5. The van der Waals surface area contributed by atoms with Crippen LogP contribution in [0.15, 0.2) is 24.3 Å². The highest BCUT2D eigenvalue weighted by molar-refractivity contribution is 5.97. The Morgan fingerprint density at radius 1 is 1.27 bits per heavy atom. The normalized spacial score (nSPS) is 20.0. The Labute approximate surface area is 130 Å². The second-order valence-electron chi connectivity index (χ2n) is 6.08. The van der Waals surface area contributed by atoms with Crippen molar-refractivity contribution in [2.45, 2.75) is 25.7 Å². The molecule has 4 N–H and O–H groups in total. The van der Waals surface area contributed by atoms with Gasteiger partial charge in [0.1, 0.15) is 0 Å². The van der Waals surface area contributed by atoms with Crippen LogP contribution < -0.4 is 21.3 Å². The van der Waals surface area contributed by atoms with Crippen molar-refractivity contribution >= 4 is 23.3 Å². The van der Waals surface area contributed by atoms with Crippen LogP contribution in [0.5, 0.6) is 0 Å². The largest absolute Gasteiger partial charge is 0.336 e. The van der Waals surface area contributed by atoms with Gasteiger partial charge in [-0.25, -0.2) is 4.79 Å². The van der Waals surface area contributed by atoms with Crippen LogP contribution in [0.2, 0.25) is 0 Å². The molecule has 6 heteroatoms. The molecule has 22 heavy (non-hydrogen) atoms. The molecule has 1 aromatic carbocycles. The number of benzene rings is 1. The summed E-state index contributed by atoms with van der Waals surface area (Å²) in [6.45, 7) is 1.72. The smallest absolute Gasteiger partial charge is 0.321 e. The molecule has 1 saturated heterocycles. The molecule has 3 amide bonds. The van der Waals surface area contributed by atoms with Gasteiger partial charge >= 0.3 is 6.03 Å². The zero-order valence-corrected chi connectivity index (χ0v) is 12.6. The summed E-state index contributed by atoms with van der Waals surface area (Å²) in [6, 6.07) is 7.29. The van der Waals surface area contributed by atoms with Gasteiger partial charge in [0.2, 0.25) is 5.91 Å². The number of anilines is 2. The number of rotatable bonds is 4. The number of hydrogen-bond donors (Lipinski definition) is 3. The van der Waals surface area contributed by atoms with E-state index in [0.717, 1.165) is 37.1 Å². The highest BCUT2D eigenvalue weighted by Crippen LogP contribution is 2.38. The molecule has 1 aromatic rings. The van der Waals surface area contributed by atoms with Gasteiger partial charge < -0.3 is 16.4 Å². The third-order valence-electron chi connectivity index (χ3n) is 4.73. The topological polar surface area (TPSA) is 87.5 Å². The van der Waals surface area contributed by atoms with Crippen LogP contribution in [0, 0.1) is 5.41 Å². The zero-order valence-electron chi connectivity index (χ0n) is 12.6. The molecule has 0 atom stereocenters. The van der Waals surface area contributed by atoms with E-state index in [1.165, 1.54) is 0 Å². The van der Waals surface area contributed by atoms with Gasteiger partial charge in [0.25, 0.3) is 0 Å². The van der Waals surface area contributed by atoms with E-state index in [1.807, 2.05) is 24.3 Å². The first-order chi connectivity index (χ1) is 10.6. The minimum atomic E-state index is -0.409. The monoisotopic (exact) mass is 302 g/mol. The quantitative estimate of drug-likeness (QED) is 0.790. The van der Waals surface area contributed by atoms with Gasteiger partial charge in [-0.3, -0.25) is 9.69 Å². The SMILES string of the molecule is NCC1(C(=O)Nc2ccc(N3CCNC3=O)cc2)CCCC1. The Morgan fingerprint density at radius 3 is 2.50 bits per heavy atom. The molecule has 1 aliphatic carbocycles. The predicted molar refractivity (Wildman–Crippen MR) is 85.8 cm³/mol. The summed E-state index contributed by atoms with van der Waals surface area (Å²) >= 11 is 0. The summed E-state index contributed by atoms with van der Waals surface area (Å²) in [5.74, 6) is 0.0131. The lowest BCUT2D eigenvalue weighted by molar-refractivity contribution is -0.124.